The topological polar surface area (TPSA) is 88.6 Å². The van der Waals surface area contributed by atoms with E-state index in [1.54, 1.807) is 6.20 Å². The highest BCUT2D eigenvalue weighted by Gasteiger charge is 2.22. The summed E-state index contributed by atoms with van der Waals surface area (Å²) in [6.07, 6.45) is 4.91. The monoisotopic (exact) mass is 445 g/mol. The molecule has 8 nitrogen and oxygen atoms in total. The van der Waals surface area contributed by atoms with Crippen molar-refractivity contribution in [3.63, 3.8) is 0 Å². The van der Waals surface area contributed by atoms with E-state index in [0.717, 1.165) is 24.2 Å². The van der Waals surface area contributed by atoms with Gasteiger partial charge in [-0.2, -0.15) is 0 Å². The van der Waals surface area contributed by atoms with Gasteiger partial charge in [-0.1, -0.05) is 18.2 Å². The summed E-state index contributed by atoms with van der Waals surface area (Å²) in [5.41, 5.74) is 2.03. The third-order valence-electron chi connectivity index (χ3n) is 6.14. The van der Waals surface area contributed by atoms with Crippen LogP contribution in [0.25, 0.3) is 11.4 Å². The second kappa shape index (κ2) is 9.46. The van der Waals surface area contributed by atoms with Crippen LogP contribution in [0.3, 0.4) is 0 Å². The lowest BCUT2D eigenvalue weighted by Gasteiger charge is -2.19. The van der Waals surface area contributed by atoms with Crippen LogP contribution in [0.5, 0.6) is 11.5 Å². The highest BCUT2D eigenvalue weighted by Crippen LogP contribution is 2.35. The first-order valence-electron chi connectivity index (χ1n) is 11.2. The molecule has 170 valence electrons. The smallest absolute Gasteiger partial charge is 0.256 e. The third-order valence-corrected chi connectivity index (χ3v) is 6.14. The molecule has 0 radical (unpaired) electrons. The van der Waals surface area contributed by atoms with E-state index >= 15 is 0 Å². The summed E-state index contributed by atoms with van der Waals surface area (Å²) in [4.78, 5) is 24.6. The zero-order valence-corrected chi connectivity index (χ0v) is 18.6. The van der Waals surface area contributed by atoms with E-state index in [0.29, 0.717) is 41.3 Å². The van der Waals surface area contributed by atoms with Gasteiger partial charge in [-0.25, -0.2) is 9.97 Å². The van der Waals surface area contributed by atoms with E-state index in [9.17, 15) is 4.79 Å². The molecule has 0 unspecified atom stereocenters. The first kappa shape index (κ1) is 21.2. The quantitative estimate of drug-likeness (QED) is 0.571. The standard InChI is InChI=1S/C25H27N5O3/c1-30-13-5-8-19(30)11-12-26-25(31)20-15-27-23(17-9-10-21-22(14-17)33-16-32-21)29-24(20)28-18-6-3-2-4-7-18/h2-4,6-7,9-10,14-15,19H,5,8,11-13,16H2,1H3,(H,26,31)(H,27,28,29)/t19-/m1/s1. The number of anilines is 2. The fraction of sp³-hybridized carbons (Fsp3) is 0.320. The molecule has 2 aliphatic heterocycles. The summed E-state index contributed by atoms with van der Waals surface area (Å²) >= 11 is 0. The summed E-state index contributed by atoms with van der Waals surface area (Å²) in [6.45, 7) is 1.94. The second-order valence-electron chi connectivity index (χ2n) is 8.34. The lowest BCUT2D eigenvalue weighted by atomic mass is 10.1. The maximum atomic E-state index is 13.0. The number of likely N-dealkylation sites (tertiary alicyclic amines) is 1. The van der Waals surface area contributed by atoms with E-state index in [1.165, 1.54) is 12.8 Å². The minimum atomic E-state index is -0.189. The Labute approximate surface area is 193 Å². The van der Waals surface area contributed by atoms with E-state index < -0.39 is 0 Å². The number of benzene rings is 2. The van der Waals surface area contributed by atoms with E-state index in [1.807, 2.05) is 48.5 Å². The molecule has 3 heterocycles. The zero-order valence-electron chi connectivity index (χ0n) is 18.6. The van der Waals surface area contributed by atoms with Crippen molar-refractivity contribution in [2.24, 2.45) is 0 Å². The minimum absolute atomic E-state index is 0.189. The van der Waals surface area contributed by atoms with Crippen molar-refractivity contribution in [1.29, 1.82) is 0 Å². The first-order chi connectivity index (χ1) is 16.2. The number of rotatable bonds is 7. The van der Waals surface area contributed by atoms with E-state index in [2.05, 4.69) is 27.6 Å². The Balaban J connectivity index is 1.38. The van der Waals surface area contributed by atoms with Crippen LogP contribution in [-0.2, 0) is 0 Å². The minimum Gasteiger partial charge on any atom is -0.454 e. The van der Waals surface area contributed by atoms with Gasteiger partial charge < -0.3 is 25.0 Å². The van der Waals surface area contributed by atoms with Crippen molar-refractivity contribution in [2.45, 2.75) is 25.3 Å². The normalized spacial score (nSPS) is 17.2. The number of nitrogens with one attached hydrogen (secondary N) is 2. The van der Waals surface area contributed by atoms with Gasteiger partial charge in [-0.3, -0.25) is 4.79 Å². The van der Waals surface area contributed by atoms with Gasteiger partial charge in [0.05, 0.1) is 0 Å². The molecule has 0 aliphatic carbocycles. The Kier molecular flexibility index (Phi) is 6.08. The zero-order chi connectivity index (χ0) is 22.6. The number of hydrogen-bond donors (Lipinski definition) is 2. The Bertz CT molecular complexity index is 1140. The average Bonchev–Trinajstić information content (AvgIpc) is 3.48. The van der Waals surface area contributed by atoms with E-state index in [-0.39, 0.29) is 12.7 Å². The lowest BCUT2D eigenvalue weighted by molar-refractivity contribution is 0.0950. The molecule has 0 bridgehead atoms. The Morgan fingerprint density at radius 3 is 2.82 bits per heavy atom. The van der Waals surface area contributed by atoms with Crippen molar-refractivity contribution in [2.75, 3.05) is 32.2 Å². The summed E-state index contributed by atoms with van der Waals surface area (Å²) in [7, 11) is 2.14. The number of aromatic nitrogens is 2. The SMILES string of the molecule is CN1CCC[C@@H]1CCNC(=O)c1cnc(-c2ccc3c(c2)OCO3)nc1Nc1ccccc1. The highest BCUT2D eigenvalue weighted by molar-refractivity contribution is 5.99. The van der Waals surface area contributed by atoms with Crippen LogP contribution < -0.4 is 20.1 Å². The molecule has 1 saturated heterocycles. The molecule has 2 aromatic carbocycles. The number of carbonyl (C=O) groups excluding carboxylic acids is 1. The Morgan fingerprint density at radius 1 is 1.15 bits per heavy atom. The Morgan fingerprint density at radius 2 is 2.00 bits per heavy atom. The molecule has 0 spiro atoms. The predicted molar refractivity (Wildman–Crippen MR) is 126 cm³/mol. The van der Waals surface area contributed by atoms with Crippen LogP contribution in [0.2, 0.25) is 0 Å². The molecule has 8 heteroatoms. The highest BCUT2D eigenvalue weighted by atomic mass is 16.7. The molecule has 3 aromatic rings. The molecular weight excluding hydrogens is 418 g/mol. The molecule has 2 aliphatic rings. The fourth-order valence-corrected chi connectivity index (χ4v) is 4.27. The van der Waals surface area contributed by atoms with Gasteiger partial charge >= 0.3 is 0 Å². The van der Waals surface area contributed by atoms with Crippen molar-refractivity contribution in [1.82, 2.24) is 20.2 Å². The molecule has 1 amide bonds. The molecule has 2 N–H and O–H groups in total. The number of hydrogen-bond acceptors (Lipinski definition) is 7. The maximum absolute atomic E-state index is 13.0. The van der Waals surface area contributed by atoms with Crippen molar-refractivity contribution in [3.8, 4) is 22.9 Å². The number of para-hydroxylation sites is 1. The van der Waals surface area contributed by atoms with Crippen LogP contribution in [-0.4, -0.2) is 53.7 Å². The van der Waals surface area contributed by atoms with Gasteiger partial charge in [0, 0.05) is 30.0 Å². The van der Waals surface area contributed by atoms with Gasteiger partial charge in [-0.15, -0.1) is 0 Å². The summed E-state index contributed by atoms with van der Waals surface area (Å²) in [5, 5.41) is 6.32. The molecule has 1 atom stereocenters. The summed E-state index contributed by atoms with van der Waals surface area (Å²) < 4.78 is 10.9. The number of amides is 1. The first-order valence-corrected chi connectivity index (χ1v) is 11.2. The van der Waals surface area contributed by atoms with Crippen LogP contribution in [0.1, 0.15) is 29.6 Å². The van der Waals surface area contributed by atoms with E-state index in [4.69, 9.17) is 14.5 Å². The number of carbonyl (C=O) groups is 1. The van der Waals surface area contributed by atoms with Crippen LogP contribution in [0, 0.1) is 0 Å². The second-order valence-corrected chi connectivity index (χ2v) is 8.34. The number of ether oxygens (including phenoxy) is 2. The maximum Gasteiger partial charge on any atom is 0.256 e. The lowest BCUT2D eigenvalue weighted by Crippen LogP contribution is -2.32. The van der Waals surface area contributed by atoms with Gasteiger partial charge in [-0.05, 0) is 63.2 Å². The van der Waals surface area contributed by atoms with Crippen LogP contribution in [0.4, 0.5) is 11.5 Å². The van der Waals surface area contributed by atoms with Crippen molar-refractivity contribution >= 4 is 17.4 Å². The number of nitrogens with zero attached hydrogens (tertiary/aromatic N) is 3. The predicted octanol–water partition coefficient (Wildman–Crippen LogP) is 3.83. The molecule has 0 saturated carbocycles. The largest absolute Gasteiger partial charge is 0.454 e. The molecular formula is C25H27N5O3. The average molecular weight is 446 g/mol. The van der Waals surface area contributed by atoms with Gasteiger partial charge in [0.25, 0.3) is 5.91 Å². The van der Waals surface area contributed by atoms with Crippen molar-refractivity contribution in [3.05, 3.63) is 60.3 Å². The van der Waals surface area contributed by atoms with Gasteiger partial charge in [0.1, 0.15) is 11.4 Å². The molecule has 1 fully saturated rings. The fourth-order valence-electron chi connectivity index (χ4n) is 4.27. The van der Waals surface area contributed by atoms with Gasteiger partial charge in [0.2, 0.25) is 6.79 Å². The number of fused-ring (bicyclic) bond motifs is 1. The molecule has 5 rings (SSSR count). The third kappa shape index (κ3) is 4.75. The van der Waals surface area contributed by atoms with Crippen LogP contribution in [0.15, 0.2) is 54.7 Å². The van der Waals surface area contributed by atoms with Crippen molar-refractivity contribution < 1.29 is 14.3 Å². The van der Waals surface area contributed by atoms with Gasteiger partial charge in [0.15, 0.2) is 17.3 Å². The summed E-state index contributed by atoms with van der Waals surface area (Å²) in [6, 6.07) is 15.8. The van der Waals surface area contributed by atoms with Crippen LogP contribution >= 0.6 is 0 Å². The summed E-state index contributed by atoms with van der Waals surface area (Å²) in [5.74, 6) is 2.12. The Hall–Kier alpha value is -3.65. The molecule has 1 aromatic heterocycles. The molecule has 33 heavy (non-hydrogen) atoms.